The number of nitrogens with zero attached hydrogens (tertiary/aromatic N) is 2. The van der Waals surface area contributed by atoms with Crippen LogP contribution in [0, 0.1) is 13.8 Å². The van der Waals surface area contributed by atoms with Crippen LogP contribution in [0.4, 0.5) is 0 Å². The van der Waals surface area contributed by atoms with Crippen molar-refractivity contribution in [3.63, 3.8) is 0 Å². The first-order valence-corrected chi connectivity index (χ1v) is 4.58. The predicted octanol–water partition coefficient (Wildman–Crippen LogP) is 2.71. The van der Waals surface area contributed by atoms with E-state index < -0.39 is 0 Å². The highest BCUT2D eigenvalue weighted by Crippen LogP contribution is 2.23. The maximum absolute atomic E-state index is 4.24. The molecule has 0 amide bonds. The summed E-state index contributed by atoms with van der Waals surface area (Å²) in [5.74, 6) is 0. The van der Waals surface area contributed by atoms with Crippen molar-refractivity contribution in [3.05, 3.63) is 34.2 Å². The minimum Gasteiger partial charge on any atom is -0.306 e. The molecule has 0 spiro atoms. The van der Waals surface area contributed by atoms with Crippen molar-refractivity contribution in [2.24, 2.45) is 0 Å². The molecule has 0 N–H and O–H groups in total. The van der Waals surface area contributed by atoms with Crippen molar-refractivity contribution in [1.29, 1.82) is 0 Å². The molecule has 0 atom stereocenters. The second-order valence-electron chi connectivity index (χ2n) is 2.91. The molecule has 2 aromatic heterocycles. The van der Waals surface area contributed by atoms with E-state index >= 15 is 0 Å². The van der Waals surface area contributed by atoms with E-state index in [0.29, 0.717) is 0 Å². The van der Waals surface area contributed by atoms with Crippen molar-refractivity contribution in [3.8, 4) is 0 Å². The van der Waals surface area contributed by atoms with Gasteiger partial charge in [-0.2, -0.15) is 0 Å². The van der Waals surface area contributed by atoms with Gasteiger partial charge < -0.3 is 4.40 Å². The summed E-state index contributed by atoms with van der Waals surface area (Å²) < 4.78 is 3.11. The molecule has 2 rings (SSSR count). The molecule has 62 valence electrons. The fourth-order valence-corrected chi connectivity index (χ4v) is 1.85. The lowest BCUT2D eigenvalue weighted by Gasteiger charge is -2.04. The first-order valence-electron chi connectivity index (χ1n) is 3.78. The Morgan fingerprint density at radius 1 is 1.42 bits per heavy atom. The summed E-state index contributed by atoms with van der Waals surface area (Å²) in [4.78, 5) is 4.24. The zero-order valence-corrected chi connectivity index (χ0v) is 8.59. The number of fused-ring (bicyclic) bond motifs is 1. The molecule has 0 aromatic carbocycles. The van der Waals surface area contributed by atoms with E-state index in [0.717, 1.165) is 10.1 Å². The predicted molar refractivity (Wildman–Crippen MR) is 52.4 cm³/mol. The number of imidazole rings is 1. The van der Waals surface area contributed by atoms with Gasteiger partial charge in [0, 0.05) is 18.6 Å². The first-order chi connectivity index (χ1) is 5.70. The Kier molecular flexibility index (Phi) is 1.68. The first kappa shape index (κ1) is 7.80. The Balaban J connectivity index is 2.94. The molecule has 2 heterocycles. The molecular formula is C9H9BrN2. The number of aryl methyl sites for hydroxylation is 1. The minimum absolute atomic E-state index is 0.984. The number of halogens is 1. The molecule has 3 heteroatoms. The van der Waals surface area contributed by atoms with Gasteiger partial charge in [-0.05, 0) is 40.9 Å². The molecule has 0 radical (unpaired) electrons. The minimum atomic E-state index is 0.984. The van der Waals surface area contributed by atoms with Crippen LogP contribution in [0.1, 0.15) is 11.1 Å². The van der Waals surface area contributed by atoms with Gasteiger partial charge in [0.2, 0.25) is 0 Å². The Morgan fingerprint density at radius 3 is 2.92 bits per heavy atom. The van der Waals surface area contributed by atoms with Gasteiger partial charge >= 0.3 is 0 Å². The Labute approximate surface area is 79.4 Å². The SMILES string of the molecule is Cc1cn2ccnc2c(Br)c1C. The van der Waals surface area contributed by atoms with Crippen LogP contribution in [-0.2, 0) is 0 Å². The number of pyridine rings is 1. The number of rotatable bonds is 0. The maximum atomic E-state index is 4.24. The van der Waals surface area contributed by atoms with Gasteiger partial charge in [-0.3, -0.25) is 0 Å². The Hall–Kier alpha value is -0.830. The Morgan fingerprint density at radius 2 is 2.17 bits per heavy atom. The van der Waals surface area contributed by atoms with E-state index in [1.54, 1.807) is 6.20 Å². The second kappa shape index (κ2) is 2.59. The zero-order valence-electron chi connectivity index (χ0n) is 7.00. The average Bonchev–Trinajstić information content (AvgIpc) is 2.48. The van der Waals surface area contributed by atoms with Crippen molar-refractivity contribution in [2.75, 3.05) is 0 Å². The summed E-state index contributed by atoms with van der Waals surface area (Å²) in [6.07, 6.45) is 5.84. The van der Waals surface area contributed by atoms with E-state index in [-0.39, 0.29) is 0 Å². The number of aromatic nitrogens is 2. The summed E-state index contributed by atoms with van der Waals surface area (Å²) in [7, 11) is 0. The molecule has 0 aliphatic carbocycles. The van der Waals surface area contributed by atoms with Crippen LogP contribution < -0.4 is 0 Å². The third kappa shape index (κ3) is 0.966. The van der Waals surface area contributed by atoms with Crippen molar-refractivity contribution >= 4 is 21.6 Å². The molecule has 2 aromatic rings. The number of hydrogen-bond acceptors (Lipinski definition) is 1. The van der Waals surface area contributed by atoms with E-state index in [4.69, 9.17) is 0 Å². The highest BCUT2D eigenvalue weighted by molar-refractivity contribution is 9.10. The summed E-state index contributed by atoms with van der Waals surface area (Å²) >= 11 is 3.53. The lowest BCUT2D eigenvalue weighted by molar-refractivity contribution is 1.12. The van der Waals surface area contributed by atoms with Crippen molar-refractivity contribution in [2.45, 2.75) is 13.8 Å². The van der Waals surface area contributed by atoms with Gasteiger partial charge in [0.1, 0.15) is 0 Å². The van der Waals surface area contributed by atoms with Crippen LogP contribution in [0.25, 0.3) is 5.65 Å². The van der Waals surface area contributed by atoms with Gasteiger partial charge in [0.25, 0.3) is 0 Å². The monoisotopic (exact) mass is 224 g/mol. The second-order valence-corrected chi connectivity index (χ2v) is 3.70. The van der Waals surface area contributed by atoms with Crippen molar-refractivity contribution < 1.29 is 0 Å². The van der Waals surface area contributed by atoms with Crippen LogP contribution in [0.5, 0.6) is 0 Å². The lowest BCUT2D eigenvalue weighted by atomic mass is 10.2. The molecular weight excluding hydrogens is 216 g/mol. The zero-order chi connectivity index (χ0) is 8.72. The van der Waals surface area contributed by atoms with Gasteiger partial charge in [-0.25, -0.2) is 4.98 Å². The van der Waals surface area contributed by atoms with Crippen LogP contribution >= 0.6 is 15.9 Å². The summed E-state index contributed by atoms with van der Waals surface area (Å²) in [5.41, 5.74) is 3.51. The normalized spacial score (nSPS) is 10.9. The smallest absolute Gasteiger partial charge is 0.151 e. The van der Waals surface area contributed by atoms with Crippen LogP contribution in [-0.4, -0.2) is 9.38 Å². The molecule has 0 saturated carbocycles. The summed E-state index contributed by atoms with van der Waals surface area (Å²) in [6, 6.07) is 0. The fourth-order valence-electron chi connectivity index (χ4n) is 1.23. The maximum Gasteiger partial charge on any atom is 0.151 e. The third-order valence-electron chi connectivity index (χ3n) is 2.12. The highest BCUT2D eigenvalue weighted by atomic mass is 79.9. The highest BCUT2D eigenvalue weighted by Gasteiger charge is 2.05. The van der Waals surface area contributed by atoms with E-state index in [2.05, 4.69) is 41.0 Å². The van der Waals surface area contributed by atoms with E-state index in [1.807, 2.05) is 10.6 Å². The largest absolute Gasteiger partial charge is 0.306 e. The Bertz CT molecular complexity index is 431. The van der Waals surface area contributed by atoms with Gasteiger partial charge in [0.05, 0.1) is 4.47 Å². The van der Waals surface area contributed by atoms with Crippen molar-refractivity contribution in [1.82, 2.24) is 9.38 Å². The molecule has 12 heavy (non-hydrogen) atoms. The molecule has 0 aliphatic heterocycles. The number of hydrogen-bond donors (Lipinski definition) is 0. The van der Waals surface area contributed by atoms with Gasteiger partial charge in [0.15, 0.2) is 5.65 Å². The molecule has 2 nitrogen and oxygen atoms in total. The standard InChI is InChI=1S/C9H9BrN2/c1-6-5-12-4-3-11-9(12)8(10)7(6)2/h3-5H,1-2H3. The third-order valence-corrected chi connectivity index (χ3v) is 3.07. The van der Waals surface area contributed by atoms with E-state index in [9.17, 15) is 0 Å². The lowest BCUT2D eigenvalue weighted by Crippen LogP contribution is -1.91. The van der Waals surface area contributed by atoms with Crippen LogP contribution in [0.15, 0.2) is 23.1 Å². The molecule has 0 aliphatic rings. The summed E-state index contributed by atoms with van der Waals surface area (Å²) in [5, 5.41) is 0. The van der Waals surface area contributed by atoms with Crippen LogP contribution in [0.3, 0.4) is 0 Å². The molecule has 0 fully saturated rings. The van der Waals surface area contributed by atoms with E-state index in [1.165, 1.54) is 11.1 Å². The average molecular weight is 225 g/mol. The van der Waals surface area contributed by atoms with Crippen LogP contribution in [0.2, 0.25) is 0 Å². The molecule has 0 bridgehead atoms. The topological polar surface area (TPSA) is 17.3 Å². The summed E-state index contributed by atoms with van der Waals surface area (Å²) in [6.45, 7) is 4.19. The quantitative estimate of drug-likeness (QED) is 0.673. The molecule has 0 saturated heterocycles. The van der Waals surface area contributed by atoms with Gasteiger partial charge in [-0.15, -0.1) is 0 Å². The fraction of sp³-hybridized carbons (Fsp3) is 0.222. The molecule has 0 unspecified atom stereocenters. The van der Waals surface area contributed by atoms with Gasteiger partial charge in [-0.1, -0.05) is 0 Å².